The molecule has 0 fully saturated rings. The molecule has 0 heterocycles. The number of hydrogen-bond acceptors (Lipinski definition) is 6. The second-order valence-electron chi connectivity index (χ2n) is 5.76. The zero-order valence-corrected chi connectivity index (χ0v) is 16.6. The lowest BCUT2D eigenvalue weighted by Crippen LogP contribution is -2.39. The number of non-ortho nitro benzene ring substituents is 1. The molecule has 0 bridgehead atoms. The van der Waals surface area contributed by atoms with Crippen LogP contribution in [-0.4, -0.2) is 37.8 Å². The molecule has 11 heteroatoms. The van der Waals surface area contributed by atoms with Crippen LogP contribution in [0.5, 0.6) is 0 Å². The van der Waals surface area contributed by atoms with Gasteiger partial charge in [0.1, 0.15) is 6.54 Å². The van der Waals surface area contributed by atoms with Crippen LogP contribution in [0.3, 0.4) is 0 Å². The monoisotopic (exact) mass is 424 g/mol. The second kappa shape index (κ2) is 8.81. The zero-order valence-electron chi connectivity index (χ0n) is 15.0. The largest absolute Gasteiger partial charge is 0.271 e. The Hall–Kier alpha value is -2.98. The molecule has 2 aromatic carbocycles. The average Bonchev–Trinajstić information content (AvgIpc) is 2.64. The number of hydrogen-bond donors (Lipinski definition) is 1. The molecule has 0 saturated heterocycles. The Bertz CT molecular complexity index is 1020. The topological polar surface area (TPSA) is 122 Å². The zero-order chi connectivity index (χ0) is 20.9. The number of nitrogens with zero attached hydrogens (tertiary/aromatic N) is 3. The highest BCUT2D eigenvalue weighted by Gasteiger charge is 2.22. The first-order chi connectivity index (χ1) is 13.1. The maximum atomic E-state index is 12.2. The average molecular weight is 425 g/mol. The Labute approximate surface area is 166 Å². The Morgan fingerprint density at radius 2 is 1.82 bits per heavy atom. The summed E-state index contributed by atoms with van der Waals surface area (Å²) in [5.41, 5.74) is 3.35. The van der Waals surface area contributed by atoms with E-state index >= 15 is 0 Å². The fraction of sp³-hybridized carbons (Fsp3) is 0.176. The maximum absolute atomic E-state index is 12.2. The van der Waals surface area contributed by atoms with Crippen LogP contribution < -0.4 is 9.73 Å². The lowest BCUT2D eigenvalue weighted by Gasteiger charge is -2.22. The number of hydrazone groups is 1. The normalized spacial score (nSPS) is 11.8. The van der Waals surface area contributed by atoms with Crippen molar-refractivity contribution in [3.05, 3.63) is 69.2 Å². The third kappa shape index (κ3) is 5.51. The van der Waals surface area contributed by atoms with Crippen molar-refractivity contribution in [3.63, 3.8) is 0 Å². The van der Waals surface area contributed by atoms with E-state index < -0.39 is 27.4 Å². The van der Waals surface area contributed by atoms with Crippen molar-refractivity contribution >= 4 is 44.6 Å². The van der Waals surface area contributed by atoms with Crippen molar-refractivity contribution in [2.24, 2.45) is 5.10 Å². The lowest BCUT2D eigenvalue weighted by molar-refractivity contribution is -0.384. The number of para-hydroxylation sites is 1. The standard InChI is InChI=1S/C17H17ClN4O5S/c1-12(13-7-9-14(10-8-13)22(24)25)19-20-17(23)11-21(28(2,26)27)16-6-4-3-5-15(16)18/h3-10H,11H2,1-2H3,(H,20,23)/b19-12-. The van der Waals surface area contributed by atoms with Gasteiger partial charge in [-0.2, -0.15) is 5.10 Å². The number of nitro groups is 1. The van der Waals surface area contributed by atoms with E-state index in [1.807, 2.05) is 0 Å². The molecule has 0 unspecified atom stereocenters. The van der Waals surface area contributed by atoms with Crippen LogP contribution in [0.1, 0.15) is 12.5 Å². The van der Waals surface area contributed by atoms with Crippen molar-refractivity contribution in [3.8, 4) is 0 Å². The molecule has 1 N–H and O–H groups in total. The fourth-order valence-corrected chi connectivity index (χ4v) is 3.39. The number of amides is 1. The van der Waals surface area contributed by atoms with Gasteiger partial charge in [0.2, 0.25) is 10.0 Å². The van der Waals surface area contributed by atoms with Crippen LogP contribution in [0.4, 0.5) is 11.4 Å². The number of carbonyl (C=O) groups is 1. The van der Waals surface area contributed by atoms with E-state index in [0.717, 1.165) is 10.6 Å². The van der Waals surface area contributed by atoms with Gasteiger partial charge in [-0.25, -0.2) is 13.8 Å². The molecule has 0 aliphatic carbocycles. The van der Waals surface area contributed by atoms with E-state index in [2.05, 4.69) is 10.5 Å². The van der Waals surface area contributed by atoms with Crippen LogP contribution >= 0.6 is 11.6 Å². The summed E-state index contributed by atoms with van der Waals surface area (Å²) in [5.74, 6) is -0.674. The van der Waals surface area contributed by atoms with Gasteiger partial charge in [-0.3, -0.25) is 19.2 Å². The van der Waals surface area contributed by atoms with Gasteiger partial charge in [-0.1, -0.05) is 23.7 Å². The first-order valence-corrected chi connectivity index (χ1v) is 10.1. The van der Waals surface area contributed by atoms with Gasteiger partial charge < -0.3 is 0 Å². The highest BCUT2D eigenvalue weighted by Crippen LogP contribution is 2.26. The fourth-order valence-electron chi connectivity index (χ4n) is 2.24. The Kier molecular flexibility index (Phi) is 6.71. The third-order valence-electron chi connectivity index (χ3n) is 3.65. The lowest BCUT2D eigenvalue weighted by atomic mass is 10.1. The maximum Gasteiger partial charge on any atom is 0.269 e. The minimum absolute atomic E-state index is 0.0656. The molecule has 2 rings (SSSR count). The molecule has 0 aliphatic heterocycles. The Morgan fingerprint density at radius 1 is 1.21 bits per heavy atom. The Balaban J connectivity index is 2.13. The van der Waals surface area contributed by atoms with E-state index in [9.17, 15) is 23.3 Å². The number of nitro benzene ring substituents is 1. The summed E-state index contributed by atoms with van der Waals surface area (Å²) in [6.07, 6.45) is 0.967. The highest BCUT2D eigenvalue weighted by molar-refractivity contribution is 7.92. The Morgan fingerprint density at radius 3 is 2.36 bits per heavy atom. The first kappa shape index (κ1) is 21.3. The quantitative estimate of drug-likeness (QED) is 0.415. The smallest absolute Gasteiger partial charge is 0.269 e. The summed E-state index contributed by atoms with van der Waals surface area (Å²) in [7, 11) is -3.76. The van der Waals surface area contributed by atoms with Crippen molar-refractivity contribution in [1.29, 1.82) is 0 Å². The van der Waals surface area contributed by atoms with Gasteiger partial charge in [0.25, 0.3) is 11.6 Å². The van der Waals surface area contributed by atoms with E-state index in [4.69, 9.17) is 11.6 Å². The molecule has 0 atom stereocenters. The minimum atomic E-state index is -3.76. The van der Waals surface area contributed by atoms with Crippen LogP contribution in [0, 0.1) is 10.1 Å². The first-order valence-electron chi connectivity index (χ1n) is 7.90. The minimum Gasteiger partial charge on any atom is -0.271 e. The van der Waals surface area contributed by atoms with Gasteiger partial charge in [-0.05, 0) is 36.8 Å². The van der Waals surface area contributed by atoms with E-state index in [0.29, 0.717) is 11.3 Å². The summed E-state index contributed by atoms with van der Waals surface area (Å²) in [5, 5.41) is 14.8. The molecule has 0 radical (unpaired) electrons. The molecule has 0 aliphatic rings. The number of benzene rings is 2. The van der Waals surface area contributed by atoms with E-state index in [-0.39, 0.29) is 16.4 Å². The predicted octanol–water partition coefficient (Wildman–Crippen LogP) is 2.55. The van der Waals surface area contributed by atoms with Gasteiger partial charge in [0.15, 0.2) is 0 Å². The van der Waals surface area contributed by atoms with Crippen LogP contribution in [-0.2, 0) is 14.8 Å². The molecule has 28 heavy (non-hydrogen) atoms. The number of anilines is 1. The van der Waals surface area contributed by atoms with E-state index in [1.165, 1.54) is 36.4 Å². The van der Waals surface area contributed by atoms with Crippen molar-refractivity contribution in [2.45, 2.75) is 6.92 Å². The number of nitrogens with one attached hydrogen (secondary N) is 1. The van der Waals surface area contributed by atoms with Crippen LogP contribution in [0.15, 0.2) is 53.6 Å². The molecular weight excluding hydrogens is 408 g/mol. The van der Waals surface area contributed by atoms with Crippen molar-refractivity contribution < 1.29 is 18.1 Å². The van der Waals surface area contributed by atoms with Crippen LogP contribution in [0.25, 0.3) is 0 Å². The van der Waals surface area contributed by atoms with Gasteiger partial charge in [0.05, 0.1) is 27.6 Å². The molecular formula is C17H17ClN4O5S. The second-order valence-corrected chi connectivity index (χ2v) is 8.07. The summed E-state index contributed by atoms with van der Waals surface area (Å²) >= 11 is 6.04. The predicted molar refractivity (Wildman–Crippen MR) is 107 cm³/mol. The SMILES string of the molecule is C/C(=N/NC(=O)CN(c1ccccc1Cl)S(C)(=O)=O)c1ccc([N+](=O)[O-])cc1. The van der Waals surface area contributed by atoms with Gasteiger partial charge >= 0.3 is 0 Å². The summed E-state index contributed by atoms with van der Waals surface area (Å²) in [6, 6.07) is 11.9. The van der Waals surface area contributed by atoms with Crippen molar-refractivity contribution in [1.82, 2.24) is 5.43 Å². The number of rotatable bonds is 7. The molecule has 148 valence electrons. The highest BCUT2D eigenvalue weighted by atomic mass is 35.5. The molecule has 1 amide bonds. The van der Waals surface area contributed by atoms with Crippen molar-refractivity contribution in [2.75, 3.05) is 17.1 Å². The van der Waals surface area contributed by atoms with Gasteiger partial charge in [-0.15, -0.1) is 0 Å². The number of halogens is 1. The van der Waals surface area contributed by atoms with Gasteiger partial charge in [0, 0.05) is 12.1 Å². The summed E-state index contributed by atoms with van der Waals surface area (Å²) in [4.78, 5) is 22.4. The van der Waals surface area contributed by atoms with Crippen LogP contribution in [0.2, 0.25) is 5.02 Å². The molecule has 0 saturated carbocycles. The molecule has 2 aromatic rings. The van der Waals surface area contributed by atoms with E-state index in [1.54, 1.807) is 19.1 Å². The third-order valence-corrected chi connectivity index (χ3v) is 5.10. The molecule has 0 spiro atoms. The number of carbonyl (C=O) groups excluding carboxylic acids is 1. The number of sulfonamides is 1. The summed E-state index contributed by atoms with van der Waals surface area (Å²) < 4.78 is 25.0. The molecule has 9 nitrogen and oxygen atoms in total. The summed E-state index contributed by atoms with van der Waals surface area (Å²) in [6.45, 7) is 1.09. The molecule has 0 aromatic heterocycles.